The number of hydrogen-bond donors (Lipinski definition) is 7. The maximum atomic E-state index is 11.6. The molecular weight excluding hydrogens is 1500 g/mol. The van der Waals surface area contributed by atoms with Gasteiger partial charge in [0.2, 0.25) is 0 Å². The number of para-hydroxylation sites is 10. The zero-order valence-electron chi connectivity index (χ0n) is 66.3. The third kappa shape index (κ3) is 18.5. The Bertz CT molecular complexity index is 6330. The van der Waals surface area contributed by atoms with E-state index < -0.39 is 0 Å². The normalized spacial score (nSPS) is 11.7. The largest absolute Gasteiger partial charge is 0.507 e. The van der Waals surface area contributed by atoms with Crippen LogP contribution in [0.2, 0.25) is 0 Å². The molecule has 0 fully saturated rings. The van der Waals surface area contributed by atoms with Crippen LogP contribution in [0, 0.1) is 48.5 Å². The molecule has 1 aliphatic heterocycles. The van der Waals surface area contributed by atoms with Crippen molar-refractivity contribution >= 4 is 159 Å². The van der Waals surface area contributed by atoms with Gasteiger partial charge in [-0.2, -0.15) is 0 Å². The average Bonchev–Trinajstić information content (AvgIpc) is 0.832. The maximum absolute atomic E-state index is 11.6. The molecule has 0 radical (unpaired) electrons. The molecule has 0 aliphatic carbocycles. The molecule has 0 unspecified atom stereocenters. The fraction of sp³-hybridized carbons (Fsp3) is 0.0707. The number of fused-ring (bicyclic) bond motifs is 21. The summed E-state index contributed by atoms with van der Waals surface area (Å²) in [7, 11) is 0. The third-order valence-electron chi connectivity index (χ3n) is 19.5. The van der Waals surface area contributed by atoms with Crippen molar-refractivity contribution in [2.45, 2.75) is 48.5 Å². The highest BCUT2D eigenvalue weighted by Crippen LogP contribution is 2.37. The minimum Gasteiger partial charge on any atom is -0.507 e. The first-order valence-corrected chi connectivity index (χ1v) is 38.2. The molecular formula is C99H78N14O7. The fourth-order valence-corrected chi connectivity index (χ4v) is 13.6. The molecule has 21 heteroatoms. The van der Waals surface area contributed by atoms with E-state index in [2.05, 4.69) is 0 Å². The van der Waals surface area contributed by atoms with Gasteiger partial charge >= 0.3 is 0 Å². The molecule has 0 spiro atoms. The quantitative estimate of drug-likeness (QED) is 0.0742. The van der Waals surface area contributed by atoms with Gasteiger partial charge in [0.15, 0.2) is 0 Å². The minimum atomic E-state index is -0.0325. The standard InChI is InChI=1S/C54H42N8O4.C45H36N6O3/c1-31-13-35-23-55-43-9-5-6-10-44(43)56-24-36-14-32(2)18-40(52(36)64)28-60-48-22-50-49(21-47(48)59-27-39(17-31)51(35)63)61-29-41-19-33(3)15-37(53(41)65)25-57-45-11-7-8-12-46(45)58-26-38-16-34(4)20-42(30-62-50)54(38)66;1-28-16-31-22-46-37-10-4-6-12-39(37)48-24-33-18-29(2)20-35(44(33)53)26-50-41-14-8-9-15-42(41)51-27-36-21-30(3)19-34(45(36)54)25-49-40-13-7-5-11-38(40)47-23-32(17-28)43(31)52/h5-30,63-66H,1-4H3;4-27,52-54H,1-3H3. The lowest BCUT2D eigenvalue weighted by molar-refractivity contribution is 0.473. The number of phenols is 7. The summed E-state index contributed by atoms with van der Waals surface area (Å²) < 4.78 is 0. The summed E-state index contributed by atoms with van der Waals surface area (Å²) in [4.78, 5) is 66.5. The molecule has 120 heavy (non-hydrogen) atoms. The number of aryl methyl sites for hydroxylation is 7. The van der Waals surface area contributed by atoms with Crippen molar-refractivity contribution in [1.82, 2.24) is 39.9 Å². The molecule has 21 nitrogen and oxygen atoms in total. The molecule has 7 N–H and O–H groups in total. The number of hydrogen-bond acceptors (Lipinski definition) is 21. The Morgan fingerprint density at radius 3 is 0.492 bits per heavy atom. The van der Waals surface area contributed by atoms with Crippen molar-refractivity contribution in [1.29, 1.82) is 0 Å². The Morgan fingerprint density at radius 1 is 0.167 bits per heavy atom. The first kappa shape index (κ1) is 79.1. The first-order valence-electron chi connectivity index (χ1n) is 38.2. The van der Waals surface area contributed by atoms with Crippen LogP contribution < -0.4 is 0 Å². The minimum absolute atomic E-state index is 0.0207. The molecule has 0 amide bonds. The SMILES string of the molecule is Cc1cc2c(O)c(c1)C=Nc1ccccc1N=Cc1cc(C)cc(c1O)C=Nc1ccccc1N=Cc1cc(C)cc(c1O)C=Nc1ccccc1N=C2.Cc1cc2cnc3ccccc3ncc3cc(C)cc(cnc4cc5ncc6cc(C)cc(cnc7ccccc7ncc7cc(C)cc(cnc5cc4ncc(c1)c2O)c7O)c6O)c3O. The van der Waals surface area contributed by atoms with Crippen molar-refractivity contribution < 1.29 is 35.7 Å². The zero-order chi connectivity index (χ0) is 83.5. The second-order valence-electron chi connectivity index (χ2n) is 28.9. The van der Waals surface area contributed by atoms with E-state index in [-0.39, 0.29) is 40.2 Å². The summed E-state index contributed by atoms with van der Waals surface area (Å²) in [5.74, 6) is -0.0680. The van der Waals surface area contributed by atoms with Crippen LogP contribution in [0.4, 0.5) is 34.1 Å². The molecule has 13 aromatic carbocycles. The van der Waals surface area contributed by atoms with Crippen LogP contribution in [0.25, 0.3) is 87.2 Å². The summed E-state index contributed by atoms with van der Waals surface area (Å²) in [6.45, 7) is 13.5. The molecule has 15 aromatic rings. The summed E-state index contributed by atoms with van der Waals surface area (Å²) >= 11 is 0. The van der Waals surface area contributed by atoms with Crippen LogP contribution in [-0.2, 0) is 0 Å². The Balaban J connectivity index is 0.000000191. The van der Waals surface area contributed by atoms with Crippen LogP contribution in [0.1, 0.15) is 72.3 Å². The van der Waals surface area contributed by atoms with Crippen LogP contribution in [0.5, 0.6) is 40.2 Å². The van der Waals surface area contributed by atoms with Gasteiger partial charge in [0.25, 0.3) is 0 Å². The van der Waals surface area contributed by atoms with Crippen LogP contribution >= 0.6 is 0 Å². The van der Waals surface area contributed by atoms with Crippen LogP contribution in [-0.4, -0.2) is 113 Å². The summed E-state index contributed by atoms with van der Waals surface area (Å²) in [5, 5.41) is 83.8. The van der Waals surface area contributed by atoms with Gasteiger partial charge in [-0.1, -0.05) is 60.7 Å². The van der Waals surface area contributed by atoms with Gasteiger partial charge in [0.1, 0.15) is 40.2 Å². The predicted molar refractivity (Wildman–Crippen MR) is 484 cm³/mol. The van der Waals surface area contributed by atoms with E-state index in [1.807, 2.05) is 255 Å². The van der Waals surface area contributed by atoms with Gasteiger partial charge in [-0.25, -0.2) is 0 Å². The van der Waals surface area contributed by atoms with Gasteiger partial charge < -0.3 is 35.7 Å². The fourth-order valence-electron chi connectivity index (χ4n) is 13.6. The van der Waals surface area contributed by atoms with Gasteiger partial charge in [-0.15, -0.1) is 0 Å². The van der Waals surface area contributed by atoms with Gasteiger partial charge in [-0.05, 0) is 245 Å². The summed E-state index contributed by atoms with van der Waals surface area (Å²) in [6, 6.07) is 65.9. The molecule has 1 aliphatic rings. The van der Waals surface area contributed by atoms with Crippen LogP contribution in [0.3, 0.4) is 0 Å². The lowest BCUT2D eigenvalue weighted by Gasteiger charge is -2.07. The molecule has 0 saturated heterocycles. The Labute approximate surface area is 689 Å². The second kappa shape index (κ2) is 35.3. The van der Waals surface area contributed by atoms with Crippen molar-refractivity contribution in [3.05, 3.63) is 340 Å². The van der Waals surface area contributed by atoms with E-state index in [4.69, 9.17) is 69.8 Å². The van der Waals surface area contributed by atoms with Crippen molar-refractivity contribution in [3.63, 3.8) is 0 Å². The third-order valence-corrected chi connectivity index (χ3v) is 19.5. The highest BCUT2D eigenvalue weighted by molar-refractivity contribution is 6.00. The lowest BCUT2D eigenvalue weighted by Crippen LogP contribution is -1.92. The average molecular weight is 1580 g/mol. The van der Waals surface area contributed by atoms with E-state index in [0.717, 1.165) is 38.9 Å². The Hall–Kier alpha value is -16.2. The number of rotatable bonds is 0. The number of aromatic nitrogens is 8. The van der Waals surface area contributed by atoms with E-state index in [9.17, 15) is 35.7 Å². The van der Waals surface area contributed by atoms with Gasteiger partial charge in [-0.3, -0.25) is 69.8 Å². The van der Waals surface area contributed by atoms with E-state index in [0.29, 0.717) is 155 Å². The summed E-state index contributed by atoms with van der Waals surface area (Å²) in [6.07, 6.45) is 22.1. The van der Waals surface area contributed by atoms with Crippen molar-refractivity contribution in [3.8, 4) is 40.2 Å². The number of phenolic OH excluding ortho intramolecular Hbond substituents is 7. The molecule has 2 aromatic heterocycles. The molecule has 16 rings (SSSR count). The molecule has 14 bridgehead atoms. The highest BCUT2D eigenvalue weighted by atomic mass is 16.3. The van der Waals surface area contributed by atoms with E-state index in [1.54, 1.807) is 99.0 Å². The van der Waals surface area contributed by atoms with Gasteiger partial charge in [0.05, 0.1) is 78.3 Å². The zero-order valence-corrected chi connectivity index (χ0v) is 66.3. The monoisotopic (exact) mass is 1570 g/mol. The summed E-state index contributed by atoms with van der Waals surface area (Å²) in [5.41, 5.74) is 16.3. The topological polar surface area (TPSA) is 319 Å². The highest BCUT2D eigenvalue weighted by Gasteiger charge is 2.14. The Morgan fingerprint density at radius 2 is 0.317 bits per heavy atom. The van der Waals surface area contributed by atoms with Crippen molar-refractivity contribution in [2.75, 3.05) is 0 Å². The predicted octanol–water partition coefficient (Wildman–Crippen LogP) is 22.3. The lowest BCUT2D eigenvalue weighted by atomic mass is 10.1. The number of nitrogens with zero attached hydrogens (tertiary/aromatic N) is 14. The molecule has 0 atom stereocenters. The van der Waals surface area contributed by atoms with E-state index >= 15 is 0 Å². The second-order valence-corrected chi connectivity index (χ2v) is 28.9. The number of aliphatic imine (C=N–C) groups is 6. The van der Waals surface area contributed by atoms with Crippen LogP contribution in [0.15, 0.2) is 298 Å². The maximum Gasteiger partial charge on any atom is 0.133 e. The van der Waals surface area contributed by atoms with Crippen molar-refractivity contribution in [2.24, 2.45) is 30.0 Å². The Kier molecular flexibility index (Phi) is 23.3. The van der Waals surface area contributed by atoms with Gasteiger partial charge in [0, 0.05) is 163 Å². The molecule has 0 saturated carbocycles. The van der Waals surface area contributed by atoms with E-state index in [1.165, 1.54) is 0 Å². The molecule has 586 valence electrons. The number of benzene rings is 13. The number of aromatic hydroxyl groups is 7. The molecule has 3 heterocycles. The smallest absolute Gasteiger partial charge is 0.133 e. The first-order chi connectivity index (χ1) is 58.2.